The molecule has 3 heterocycles. The number of aromatic nitrogens is 2. The van der Waals surface area contributed by atoms with Gasteiger partial charge < -0.3 is 10.3 Å². The van der Waals surface area contributed by atoms with E-state index in [4.69, 9.17) is 5.73 Å². The highest BCUT2D eigenvalue weighted by Gasteiger charge is 2.11. The lowest BCUT2D eigenvalue weighted by Gasteiger charge is -2.26. The summed E-state index contributed by atoms with van der Waals surface area (Å²) in [5.74, 6) is 0. The first kappa shape index (κ1) is 14.8. The third-order valence-electron chi connectivity index (χ3n) is 4.18. The number of piperidine rings is 1. The molecule has 2 aromatic rings. The molecule has 2 aromatic heterocycles. The van der Waals surface area contributed by atoms with Crippen molar-refractivity contribution >= 4 is 22.9 Å². The van der Waals surface area contributed by atoms with E-state index in [2.05, 4.69) is 14.9 Å². The second-order valence-corrected chi connectivity index (χ2v) is 5.83. The third kappa shape index (κ3) is 3.20. The molecule has 22 heavy (non-hydrogen) atoms. The smallest absolute Gasteiger partial charge is 0.141 e. The maximum atomic E-state index is 5.77. The van der Waals surface area contributed by atoms with Crippen molar-refractivity contribution in [2.45, 2.75) is 19.3 Å². The fourth-order valence-corrected chi connectivity index (χ4v) is 2.93. The van der Waals surface area contributed by atoms with Crippen LogP contribution in [-0.4, -0.2) is 40.3 Å². The summed E-state index contributed by atoms with van der Waals surface area (Å²) < 4.78 is 2.00. The van der Waals surface area contributed by atoms with E-state index in [0.29, 0.717) is 0 Å². The van der Waals surface area contributed by atoms with Gasteiger partial charge in [-0.05, 0) is 49.8 Å². The predicted molar refractivity (Wildman–Crippen MR) is 91.4 cm³/mol. The molecule has 0 unspecified atom stereocenters. The molecule has 0 aliphatic carbocycles. The van der Waals surface area contributed by atoms with Gasteiger partial charge in [0.15, 0.2) is 0 Å². The van der Waals surface area contributed by atoms with Gasteiger partial charge in [-0.25, -0.2) is 4.98 Å². The molecule has 0 atom stereocenters. The van der Waals surface area contributed by atoms with Crippen molar-refractivity contribution in [2.24, 2.45) is 17.8 Å². The summed E-state index contributed by atoms with van der Waals surface area (Å²) in [6, 6.07) is 3.99. The van der Waals surface area contributed by atoms with Crippen LogP contribution in [0.5, 0.6) is 0 Å². The van der Waals surface area contributed by atoms with Gasteiger partial charge in [-0.15, -0.1) is 0 Å². The number of aliphatic imine (C=N–C) groups is 1. The number of hydrogen-bond acceptors (Lipinski definition) is 4. The summed E-state index contributed by atoms with van der Waals surface area (Å²) in [5.41, 5.74) is 8.71. The van der Waals surface area contributed by atoms with Crippen LogP contribution in [0.1, 0.15) is 19.3 Å². The molecule has 0 saturated carbocycles. The Morgan fingerprint density at radius 3 is 2.91 bits per heavy atom. The monoisotopic (exact) mass is 297 g/mol. The van der Waals surface area contributed by atoms with Crippen LogP contribution in [0.3, 0.4) is 0 Å². The molecule has 5 heteroatoms. The summed E-state index contributed by atoms with van der Waals surface area (Å²) in [6.45, 7) is 3.19. The number of hydrogen-bond donors (Lipinski definition) is 1. The Balaban J connectivity index is 1.76. The van der Waals surface area contributed by atoms with E-state index >= 15 is 0 Å². The van der Waals surface area contributed by atoms with Gasteiger partial charge >= 0.3 is 0 Å². The molecule has 1 aliphatic rings. The number of nitrogens with zero attached hydrogens (tertiary/aromatic N) is 4. The zero-order chi connectivity index (χ0) is 15.4. The Kier molecular flexibility index (Phi) is 4.53. The molecular weight excluding hydrogens is 274 g/mol. The lowest BCUT2D eigenvalue weighted by Crippen LogP contribution is -2.31. The third-order valence-corrected chi connectivity index (χ3v) is 4.18. The molecule has 0 bridgehead atoms. The SMILES string of the molecule is Cn1ccc2c(N=CC(=CN)CN3CCCCC3)ccnc21. The first-order valence-corrected chi connectivity index (χ1v) is 7.85. The minimum atomic E-state index is 0.878. The number of aryl methyl sites for hydroxylation is 1. The van der Waals surface area contributed by atoms with Crippen LogP contribution >= 0.6 is 0 Å². The largest absolute Gasteiger partial charge is 0.404 e. The van der Waals surface area contributed by atoms with Crippen LogP contribution in [0.15, 0.2) is 41.3 Å². The highest BCUT2D eigenvalue weighted by Crippen LogP contribution is 2.24. The second kappa shape index (κ2) is 6.75. The zero-order valence-corrected chi connectivity index (χ0v) is 13.1. The summed E-state index contributed by atoms with van der Waals surface area (Å²) in [7, 11) is 1.99. The van der Waals surface area contributed by atoms with Crippen molar-refractivity contribution in [3.63, 3.8) is 0 Å². The van der Waals surface area contributed by atoms with Gasteiger partial charge in [0.2, 0.25) is 0 Å². The Morgan fingerprint density at radius 1 is 1.32 bits per heavy atom. The zero-order valence-electron chi connectivity index (χ0n) is 13.1. The van der Waals surface area contributed by atoms with E-state index in [1.165, 1.54) is 19.3 Å². The van der Waals surface area contributed by atoms with Crippen molar-refractivity contribution in [3.8, 4) is 0 Å². The average Bonchev–Trinajstić information content (AvgIpc) is 2.94. The lowest BCUT2D eigenvalue weighted by atomic mass is 10.1. The highest BCUT2D eigenvalue weighted by atomic mass is 15.1. The predicted octanol–water partition coefficient (Wildman–Crippen LogP) is 2.60. The van der Waals surface area contributed by atoms with Gasteiger partial charge in [0.25, 0.3) is 0 Å². The van der Waals surface area contributed by atoms with Crippen molar-refractivity contribution in [3.05, 3.63) is 36.3 Å². The molecule has 2 N–H and O–H groups in total. The maximum Gasteiger partial charge on any atom is 0.141 e. The molecule has 0 radical (unpaired) electrons. The fourth-order valence-electron chi connectivity index (χ4n) is 2.93. The van der Waals surface area contributed by atoms with Gasteiger partial charge in [-0.1, -0.05) is 6.42 Å². The number of fused-ring (bicyclic) bond motifs is 1. The van der Waals surface area contributed by atoms with Gasteiger partial charge in [0.1, 0.15) is 5.65 Å². The van der Waals surface area contributed by atoms with Gasteiger partial charge in [0, 0.05) is 37.6 Å². The van der Waals surface area contributed by atoms with Crippen LogP contribution in [0.4, 0.5) is 5.69 Å². The molecule has 5 nitrogen and oxygen atoms in total. The van der Waals surface area contributed by atoms with E-state index in [1.807, 2.05) is 36.2 Å². The number of likely N-dealkylation sites (tertiary alicyclic amines) is 1. The molecule has 1 fully saturated rings. The molecule has 0 aromatic carbocycles. The highest BCUT2D eigenvalue weighted by molar-refractivity contribution is 5.91. The number of pyridine rings is 1. The van der Waals surface area contributed by atoms with E-state index in [1.54, 1.807) is 12.4 Å². The first-order chi connectivity index (χ1) is 10.8. The summed E-state index contributed by atoms with van der Waals surface area (Å²) in [5, 5.41) is 1.07. The second-order valence-electron chi connectivity index (χ2n) is 5.83. The number of rotatable bonds is 4. The van der Waals surface area contributed by atoms with E-state index in [9.17, 15) is 0 Å². The normalized spacial score (nSPS) is 17.6. The molecule has 0 amide bonds. The molecule has 0 spiro atoms. The lowest BCUT2D eigenvalue weighted by molar-refractivity contribution is 0.249. The van der Waals surface area contributed by atoms with Crippen molar-refractivity contribution in [1.29, 1.82) is 0 Å². The Hall–Kier alpha value is -2.14. The molecule has 3 rings (SSSR count). The van der Waals surface area contributed by atoms with E-state index in [-0.39, 0.29) is 0 Å². The van der Waals surface area contributed by atoms with Gasteiger partial charge in [-0.2, -0.15) is 0 Å². The summed E-state index contributed by atoms with van der Waals surface area (Å²) in [6.07, 6.45) is 11.3. The molecule has 116 valence electrons. The average molecular weight is 297 g/mol. The maximum absolute atomic E-state index is 5.77. The molecule has 1 aliphatic heterocycles. The summed E-state index contributed by atoms with van der Waals surface area (Å²) >= 11 is 0. The van der Waals surface area contributed by atoms with Crippen LogP contribution in [0, 0.1) is 0 Å². The van der Waals surface area contributed by atoms with Crippen molar-refractivity contribution in [2.75, 3.05) is 19.6 Å². The van der Waals surface area contributed by atoms with Crippen LogP contribution in [0.2, 0.25) is 0 Å². The van der Waals surface area contributed by atoms with Crippen LogP contribution < -0.4 is 5.73 Å². The van der Waals surface area contributed by atoms with Crippen molar-refractivity contribution < 1.29 is 0 Å². The van der Waals surface area contributed by atoms with Crippen LogP contribution in [-0.2, 0) is 7.05 Å². The molecule has 1 saturated heterocycles. The Morgan fingerprint density at radius 2 is 2.14 bits per heavy atom. The summed E-state index contributed by atoms with van der Waals surface area (Å²) in [4.78, 5) is 11.5. The standard InChI is InChI=1S/C17H23N5/c1-21-10-6-15-16(5-7-19-17(15)21)20-12-14(11-18)13-22-8-3-2-4-9-22/h5-7,10-12H,2-4,8-9,13,18H2,1H3. The topological polar surface area (TPSA) is 59.4 Å². The van der Waals surface area contributed by atoms with E-state index in [0.717, 1.165) is 41.9 Å². The minimum absolute atomic E-state index is 0.878. The van der Waals surface area contributed by atoms with Crippen LogP contribution in [0.25, 0.3) is 11.0 Å². The first-order valence-electron chi connectivity index (χ1n) is 7.85. The fraction of sp³-hybridized carbons (Fsp3) is 0.412. The Bertz CT molecular complexity index is 692. The number of nitrogens with two attached hydrogens (primary N) is 1. The van der Waals surface area contributed by atoms with E-state index < -0.39 is 0 Å². The van der Waals surface area contributed by atoms with Crippen molar-refractivity contribution in [1.82, 2.24) is 14.5 Å². The minimum Gasteiger partial charge on any atom is -0.404 e. The molecular formula is C17H23N5. The Labute approximate surface area is 131 Å². The van der Waals surface area contributed by atoms with Gasteiger partial charge in [0.05, 0.1) is 5.69 Å². The quantitative estimate of drug-likeness (QED) is 0.882. The van der Waals surface area contributed by atoms with Gasteiger partial charge in [-0.3, -0.25) is 9.89 Å².